The van der Waals surface area contributed by atoms with Crippen LogP contribution in [-0.4, -0.2) is 5.84 Å². The molecule has 0 aromatic heterocycles. The number of hydrogen-bond donors (Lipinski definition) is 1. The smallest absolute Gasteiger partial charge is 0.106 e. The molecule has 0 aromatic rings. The number of aliphatic imine (C=N–C) groups is 1. The summed E-state index contributed by atoms with van der Waals surface area (Å²) < 4.78 is 0. The lowest BCUT2D eigenvalue weighted by Gasteiger charge is -2.07. The number of allylic oxidation sites excluding steroid dienone is 2. The molecule has 3 heteroatoms. The van der Waals surface area contributed by atoms with Crippen molar-refractivity contribution in [3.8, 4) is 0 Å². The van der Waals surface area contributed by atoms with Crippen LogP contribution in [0.15, 0.2) is 27.9 Å². The maximum Gasteiger partial charge on any atom is 0.106 e. The first-order chi connectivity index (χ1) is 5.65. The molecular weight excluding hydrogens is 172 g/mol. The van der Waals surface area contributed by atoms with Crippen molar-refractivity contribution in [2.24, 2.45) is 16.6 Å². The Labute approximate surface area is 77.8 Å². The monoisotopic (exact) mass is 184 g/mol. The first-order valence-electron chi connectivity index (χ1n) is 4.02. The topological polar surface area (TPSA) is 38.4 Å². The van der Waals surface area contributed by atoms with Crippen molar-refractivity contribution < 1.29 is 0 Å². The van der Waals surface area contributed by atoms with E-state index >= 15 is 0 Å². The predicted octanol–water partition coefficient (Wildman–Crippen LogP) is 2.41. The van der Waals surface area contributed by atoms with Crippen LogP contribution >= 0.6 is 11.6 Å². The first-order valence-corrected chi connectivity index (χ1v) is 4.40. The van der Waals surface area contributed by atoms with E-state index in [0.29, 0.717) is 10.9 Å². The molecule has 0 bridgehead atoms. The van der Waals surface area contributed by atoms with Gasteiger partial charge < -0.3 is 5.73 Å². The van der Waals surface area contributed by atoms with Gasteiger partial charge >= 0.3 is 0 Å². The summed E-state index contributed by atoms with van der Waals surface area (Å²) in [5, 5.41) is 0.675. The van der Waals surface area contributed by atoms with E-state index in [0.717, 1.165) is 12.0 Å². The molecule has 2 nitrogen and oxygen atoms in total. The SMILES string of the molecule is CCC1C=C(C)C(Cl)=CN=C1N. The third kappa shape index (κ3) is 1.89. The van der Waals surface area contributed by atoms with Gasteiger partial charge in [-0.25, -0.2) is 4.99 Å². The Kier molecular flexibility index (Phi) is 2.93. The minimum atomic E-state index is 0.234. The maximum atomic E-state index is 5.89. The summed E-state index contributed by atoms with van der Waals surface area (Å²) in [6.45, 7) is 4.05. The molecular formula is C9H13ClN2. The van der Waals surface area contributed by atoms with Crippen molar-refractivity contribution in [1.82, 2.24) is 0 Å². The number of nitrogens with two attached hydrogens (primary N) is 1. The standard InChI is InChI=1S/C9H13ClN2/c1-3-7-4-6(2)8(10)5-12-9(7)11/h4-5,7H,3H2,1-2H3,(H2,11,12). The van der Waals surface area contributed by atoms with Gasteiger partial charge in [0, 0.05) is 12.1 Å². The van der Waals surface area contributed by atoms with Gasteiger partial charge in [0.2, 0.25) is 0 Å². The second kappa shape index (κ2) is 3.76. The van der Waals surface area contributed by atoms with Crippen molar-refractivity contribution in [2.45, 2.75) is 20.3 Å². The van der Waals surface area contributed by atoms with E-state index in [1.807, 2.05) is 6.92 Å². The zero-order valence-corrected chi connectivity index (χ0v) is 8.10. The number of rotatable bonds is 1. The second-order valence-electron chi connectivity index (χ2n) is 2.90. The Bertz CT molecular complexity index is 264. The molecule has 1 aliphatic rings. The zero-order valence-electron chi connectivity index (χ0n) is 7.34. The molecule has 0 aromatic carbocycles. The highest BCUT2D eigenvalue weighted by molar-refractivity contribution is 6.32. The van der Waals surface area contributed by atoms with Gasteiger partial charge in [-0.1, -0.05) is 24.6 Å². The van der Waals surface area contributed by atoms with E-state index in [9.17, 15) is 0 Å². The first kappa shape index (κ1) is 9.33. The van der Waals surface area contributed by atoms with Crippen molar-refractivity contribution in [3.63, 3.8) is 0 Å². The van der Waals surface area contributed by atoms with E-state index in [4.69, 9.17) is 17.3 Å². The molecule has 1 atom stereocenters. The Morgan fingerprint density at radius 1 is 1.67 bits per heavy atom. The molecule has 0 spiro atoms. The molecule has 0 fully saturated rings. The summed E-state index contributed by atoms with van der Waals surface area (Å²) in [5.74, 6) is 0.880. The lowest BCUT2D eigenvalue weighted by molar-refractivity contribution is 0.805. The fourth-order valence-electron chi connectivity index (χ4n) is 1.12. The third-order valence-electron chi connectivity index (χ3n) is 1.97. The van der Waals surface area contributed by atoms with Gasteiger partial charge in [-0.2, -0.15) is 0 Å². The van der Waals surface area contributed by atoms with Gasteiger partial charge in [-0.3, -0.25) is 0 Å². The number of amidine groups is 1. The van der Waals surface area contributed by atoms with Crippen LogP contribution in [0.1, 0.15) is 20.3 Å². The molecule has 12 heavy (non-hydrogen) atoms. The molecule has 1 heterocycles. The average Bonchev–Trinajstić information content (AvgIpc) is 2.18. The largest absolute Gasteiger partial charge is 0.387 e. The van der Waals surface area contributed by atoms with Crippen LogP contribution in [0.3, 0.4) is 0 Å². The fraction of sp³-hybridized carbons (Fsp3) is 0.444. The Hall–Kier alpha value is -0.760. The van der Waals surface area contributed by atoms with Crippen molar-refractivity contribution in [1.29, 1.82) is 0 Å². The van der Waals surface area contributed by atoms with E-state index in [2.05, 4.69) is 18.0 Å². The quantitative estimate of drug-likeness (QED) is 0.668. The Morgan fingerprint density at radius 2 is 2.33 bits per heavy atom. The van der Waals surface area contributed by atoms with Crippen LogP contribution in [0.2, 0.25) is 0 Å². The average molecular weight is 185 g/mol. The fourth-order valence-corrected chi connectivity index (χ4v) is 1.23. The number of nitrogens with zero attached hydrogens (tertiary/aromatic N) is 1. The van der Waals surface area contributed by atoms with E-state index in [1.54, 1.807) is 6.20 Å². The highest BCUT2D eigenvalue weighted by Crippen LogP contribution is 2.21. The summed E-state index contributed by atoms with van der Waals surface area (Å²) >= 11 is 5.89. The van der Waals surface area contributed by atoms with Crippen LogP contribution in [0, 0.1) is 5.92 Å². The van der Waals surface area contributed by atoms with Crippen LogP contribution < -0.4 is 5.73 Å². The molecule has 0 amide bonds. The predicted molar refractivity (Wildman–Crippen MR) is 53.1 cm³/mol. The van der Waals surface area contributed by atoms with Crippen LogP contribution in [0.25, 0.3) is 0 Å². The molecule has 0 saturated heterocycles. The van der Waals surface area contributed by atoms with E-state index in [1.165, 1.54) is 0 Å². The van der Waals surface area contributed by atoms with Crippen molar-refractivity contribution in [3.05, 3.63) is 22.9 Å². The molecule has 1 rings (SSSR count). The lowest BCUT2D eigenvalue weighted by Crippen LogP contribution is -2.20. The zero-order chi connectivity index (χ0) is 9.14. The molecule has 0 radical (unpaired) electrons. The van der Waals surface area contributed by atoms with Crippen LogP contribution in [0.5, 0.6) is 0 Å². The molecule has 2 N–H and O–H groups in total. The Morgan fingerprint density at radius 3 is 2.92 bits per heavy atom. The van der Waals surface area contributed by atoms with E-state index < -0.39 is 0 Å². The maximum absolute atomic E-state index is 5.89. The molecule has 1 aliphatic heterocycles. The van der Waals surface area contributed by atoms with Crippen LogP contribution in [0.4, 0.5) is 0 Å². The van der Waals surface area contributed by atoms with Gasteiger partial charge in [-0.05, 0) is 18.9 Å². The molecule has 66 valence electrons. The van der Waals surface area contributed by atoms with Crippen LogP contribution in [-0.2, 0) is 0 Å². The van der Waals surface area contributed by atoms with Crippen molar-refractivity contribution >= 4 is 17.4 Å². The highest BCUT2D eigenvalue weighted by Gasteiger charge is 2.11. The summed E-state index contributed by atoms with van der Waals surface area (Å²) in [6, 6.07) is 0. The molecule has 1 unspecified atom stereocenters. The molecule has 0 saturated carbocycles. The minimum Gasteiger partial charge on any atom is -0.387 e. The Balaban J connectivity index is 2.98. The van der Waals surface area contributed by atoms with Gasteiger partial charge in [0.25, 0.3) is 0 Å². The number of halogens is 1. The van der Waals surface area contributed by atoms with Gasteiger partial charge in [0.05, 0.1) is 5.03 Å². The van der Waals surface area contributed by atoms with Gasteiger partial charge in [0.1, 0.15) is 5.84 Å². The molecule has 0 aliphatic carbocycles. The van der Waals surface area contributed by atoms with Crippen molar-refractivity contribution in [2.75, 3.05) is 0 Å². The summed E-state index contributed by atoms with van der Waals surface area (Å²) in [6.07, 6.45) is 4.63. The highest BCUT2D eigenvalue weighted by atomic mass is 35.5. The summed E-state index contributed by atoms with van der Waals surface area (Å²) in [7, 11) is 0. The second-order valence-corrected chi connectivity index (χ2v) is 3.30. The van der Waals surface area contributed by atoms with E-state index in [-0.39, 0.29) is 5.92 Å². The summed E-state index contributed by atoms with van der Waals surface area (Å²) in [4.78, 5) is 4.06. The minimum absolute atomic E-state index is 0.234. The third-order valence-corrected chi connectivity index (χ3v) is 2.37. The van der Waals surface area contributed by atoms with Gasteiger partial charge in [-0.15, -0.1) is 0 Å². The normalized spacial score (nSPS) is 23.9. The van der Waals surface area contributed by atoms with Gasteiger partial charge in [0.15, 0.2) is 0 Å². The lowest BCUT2D eigenvalue weighted by atomic mass is 10.0. The number of hydrogen-bond acceptors (Lipinski definition) is 2. The summed E-state index contributed by atoms with van der Waals surface area (Å²) in [5.41, 5.74) is 6.76.